The van der Waals surface area contributed by atoms with Crippen molar-refractivity contribution in [2.24, 2.45) is 0 Å². The number of aliphatic hydroxyl groups excluding tert-OH is 4. The van der Waals surface area contributed by atoms with Gasteiger partial charge >= 0.3 is 17.9 Å². The summed E-state index contributed by atoms with van der Waals surface area (Å²) in [5, 5.41) is 38.5. The van der Waals surface area contributed by atoms with Crippen molar-refractivity contribution in [3.63, 3.8) is 0 Å². The molecular weight excluding hydrogens is 877 g/mol. The van der Waals surface area contributed by atoms with E-state index in [0.29, 0.717) is 19.3 Å². The van der Waals surface area contributed by atoms with E-state index in [-0.39, 0.29) is 50.6 Å². The van der Waals surface area contributed by atoms with Gasteiger partial charge in [-0.15, -0.1) is 13.2 Å². The van der Waals surface area contributed by atoms with Gasteiger partial charge in [-0.1, -0.05) is 180 Å². The molecule has 0 heterocycles. The fraction of sp³-hybridized carbons (Fsp3) is 0.842. The van der Waals surface area contributed by atoms with Crippen molar-refractivity contribution >= 4 is 29.5 Å². The lowest BCUT2D eigenvalue weighted by Gasteiger charge is -2.15. The van der Waals surface area contributed by atoms with Gasteiger partial charge in [-0.25, -0.2) is 0 Å². The maximum Gasteiger partial charge on any atom is 0.302 e. The lowest BCUT2D eigenvalue weighted by molar-refractivity contribution is -0.145. The molecule has 69 heavy (non-hydrogen) atoms. The second-order valence-electron chi connectivity index (χ2n) is 19.1. The van der Waals surface area contributed by atoms with Crippen LogP contribution in [0.25, 0.3) is 0 Å². The number of unbranched alkanes of at least 4 members (excludes halogenated alkanes) is 28. The molecule has 4 atom stereocenters. The molecule has 0 radical (unpaired) electrons. The van der Waals surface area contributed by atoms with E-state index >= 15 is 0 Å². The zero-order chi connectivity index (χ0) is 52.0. The van der Waals surface area contributed by atoms with E-state index in [4.69, 9.17) is 4.74 Å². The summed E-state index contributed by atoms with van der Waals surface area (Å²) >= 11 is 0. The molecule has 0 aromatic carbocycles. The molecule has 12 heteroatoms. The van der Waals surface area contributed by atoms with E-state index < -0.39 is 42.3 Å². The second-order valence-corrected chi connectivity index (χ2v) is 19.1. The van der Waals surface area contributed by atoms with Crippen molar-refractivity contribution in [2.45, 2.75) is 290 Å². The van der Waals surface area contributed by atoms with Crippen LogP contribution in [0.15, 0.2) is 25.3 Å². The Hall–Kier alpha value is -2.93. The standard InChI is InChI=1S/2C19H36O4.C19H34O4/c3*1-3-4-5-6-7-8-9-10-11-12-13-14-18(21)15-19(22)16-23-17(2)20/h19,22H,3-16H2,1-2H3;3,18-19,21-22H,1,4-16H2,2H3;3,19,22H,1,4-16H2,2H3. The molecule has 0 fully saturated rings. The Morgan fingerprint density at radius 3 is 0.971 bits per heavy atom. The first-order valence-electron chi connectivity index (χ1n) is 27.6. The topological polar surface area (TPSA) is 194 Å². The fourth-order valence-corrected chi connectivity index (χ4v) is 7.73. The average molecular weight is 983 g/mol. The molecule has 4 N–H and O–H groups in total. The summed E-state index contributed by atoms with van der Waals surface area (Å²) in [5.41, 5.74) is 0. The minimum Gasteiger partial charge on any atom is -0.463 e. The molecule has 0 aromatic heterocycles. The quantitative estimate of drug-likeness (QED) is 0.0195. The Balaban J connectivity index is -0.000000947. The summed E-state index contributed by atoms with van der Waals surface area (Å²) in [7, 11) is 0. The molecule has 4 unspecified atom stereocenters. The van der Waals surface area contributed by atoms with Crippen LogP contribution in [0.1, 0.15) is 265 Å². The Bertz CT molecular complexity index is 1210. The van der Waals surface area contributed by atoms with Crippen molar-refractivity contribution in [3.05, 3.63) is 25.3 Å². The molecular formula is C57H106O12. The number of hydrogen-bond donors (Lipinski definition) is 4. The number of ether oxygens (including phenoxy) is 3. The first-order valence-corrected chi connectivity index (χ1v) is 27.6. The first-order chi connectivity index (χ1) is 33.2. The van der Waals surface area contributed by atoms with Gasteiger partial charge in [-0.05, 0) is 44.9 Å². The van der Waals surface area contributed by atoms with E-state index in [0.717, 1.165) is 51.4 Å². The van der Waals surface area contributed by atoms with E-state index in [1.54, 1.807) is 0 Å². The molecule has 0 rings (SSSR count). The van der Waals surface area contributed by atoms with Crippen molar-refractivity contribution in [3.8, 4) is 0 Å². The van der Waals surface area contributed by atoms with Gasteiger partial charge in [0.25, 0.3) is 0 Å². The zero-order valence-electron chi connectivity index (χ0n) is 44.7. The highest BCUT2D eigenvalue weighted by atomic mass is 16.5. The largest absolute Gasteiger partial charge is 0.463 e. The van der Waals surface area contributed by atoms with E-state index in [9.17, 15) is 44.4 Å². The SMILES string of the molecule is C=CCCCCCCCCCCCC(=O)CC(O)COC(C)=O.C=CCCCCCCCCCCCC(O)CC(O)COC(C)=O.CCCCCCCCCCCCCC(=O)CC(O)COC(C)=O. The molecule has 0 saturated heterocycles. The number of allylic oxidation sites excluding steroid dienone is 2. The summed E-state index contributed by atoms with van der Waals surface area (Å²) < 4.78 is 14.1. The van der Waals surface area contributed by atoms with Crippen LogP contribution in [0.2, 0.25) is 0 Å². The highest BCUT2D eigenvalue weighted by Gasteiger charge is 2.14. The minimum absolute atomic E-state index is 0.0286. The van der Waals surface area contributed by atoms with Crippen molar-refractivity contribution < 1.29 is 58.6 Å². The highest BCUT2D eigenvalue weighted by molar-refractivity contribution is 5.79. The molecule has 0 bridgehead atoms. The lowest BCUT2D eigenvalue weighted by atomic mass is 10.0. The van der Waals surface area contributed by atoms with Crippen LogP contribution in [0.4, 0.5) is 0 Å². The monoisotopic (exact) mass is 983 g/mol. The van der Waals surface area contributed by atoms with Gasteiger partial charge in [0.1, 0.15) is 31.4 Å². The van der Waals surface area contributed by atoms with Gasteiger partial charge in [0.05, 0.1) is 24.4 Å². The van der Waals surface area contributed by atoms with Crippen LogP contribution in [0.3, 0.4) is 0 Å². The number of carbonyl (C=O) groups is 5. The number of esters is 3. The molecule has 0 saturated carbocycles. The number of aliphatic hydroxyl groups is 4. The van der Waals surface area contributed by atoms with Crippen molar-refractivity contribution in [2.75, 3.05) is 19.8 Å². The van der Waals surface area contributed by atoms with Gasteiger partial charge in [0.15, 0.2) is 0 Å². The molecule has 0 amide bonds. The van der Waals surface area contributed by atoms with Gasteiger partial charge < -0.3 is 34.6 Å². The van der Waals surface area contributed by atoms with Crippen LogP contribution >= 0.6 is 0 Å². The molecule has 0 aromatic rings. The first kappa shape index (κ1) is 70.3. The van der Waals surface area contributed by atoms with Crippen LogP contribution in [0, 0.1) is 0 Å². The predicted molar refractivity (Wildman–Crippen MR) is 281 cm³/mol. The molecule has 0 spiro atoms. The third-order valence-electron chi connectivity index (χ3n) is 11.8. The molecule has 0 aliphatic heterocycles. The highest BCUT2D eigenvalue weighted by Crippen LogP contribution is 2.16. The Morgan fingerprint density at radius 2 is 0.667 bits per heavy atom. The van der Waals surface area contributed by atoms with Gasteiger partial charge in [0, 0.05) is 52.9 Å². The summed E-state index contributed by atoms with van der Waals surface area (Å²) in [4.78, 5) is 55.1. The van der Waals surface area contributed by atoms with Crippen LogP contribution in [-0.4, -0.2) is 94.1 Å². The lowest BCUT2D eigenvalue weighted by Crippen LogP contribution is -2.23. The summed E-state index contributed by atoms with van der Waals surface area (Å²) in [5.74, 6) is -1.16. The van der Waals surface area contributed by atoms with E-state index in [2.05, 4.69) is 29.6 Å². The van der Waals surface area contributed by atoms with E-state index in [1.807, 2.05) is 12.2 Å². The Labute approximate surface area is 421 Å². The normalized spacial score (nSPS) is 12.5. The molecule has 406 valence electrons. The summed E-state index contributed by atoms with van der Waals surface area (Å²) in [6.45, 7) is 13.4. The Morgan fingerprint density at radius 1 is 0.391 bits per heavy atom. The van der Waals surface area contributed by atoms with Crippen molar-refractivity contribution in [1.82, 2.24) is 0 Å². The smallest absolute Gasteiger partial charge is 0.302 e. The summed E-state index contributed by atoms with van der Waals surface area (Å²) in [6, 6.07) is 0. The number of rotatable bonds is 48. The van der Waals surface area contributed by atoms with Gasteiger partial charge in [0.2, 0.25) is 0 Å². The maximum atomic E-state index is 11.7. The van der Waals surface area contributed by atoms with Crippen LogP contribution < -0.4 is 0 Å². The fourth-order valence-electron chi connectivity index (χ4n) is 7.73. The zero-order valence-corrected chi connectivity index (χ0v) is 44.7. The minimum atomic E-state index is -0.868. The third kappa shape index (κ3) is 65.1. The molecule has 12 nitrogen and oxygen atoms in total. The molecule has 0 aliphatic rings. The van der Waals surface area contributed by atoms with Crippen LogP contribution in [0.5, 0.6) is 0 Å². The maximum absolute atomic E-state index is 11.7. The second kappa shape index (κ2) is 56.0. The number of Topliss-reactive ketones (excluding diaryl/α,β-unsaturated/α-hetero) is 2. The number of ketones is 2. The third-order valence-corrected chi connectivity index (χ3v) is 11.8. The Kier molecular flexibility index (Phi) is 57.1. The van der Waals surface area contributed by atoms with Crippen LogP contribution in [-0.2, 0) is 38.2 Å². The van der Waals surface area contributed by atoms with Gasteiger partial charge in [-0.3, -0.25) is 24.0 Å². The predicted octanol–water partition coefficient (Wildman–Crippen LogP) is 13.1. The van der Waals surface area contributed by atoms with Crippen molar-refractivity contribution in [1.29, 1.82) is 0 Å². The average Bonchev–Trinajstić information content (AvgIpc) is 3.30. The van der Waals surface area contributed by atoms with E-state index in [1.165, 1.54) is 168 Å². The number of carbonyl (C=O) groups excluding carboxylic acids is 5. The number of hydrogen-bond acceptors (Lipinski definition) is 12. The van der Waals surface area contributed by atoms with Gasteiger partial charge in [-0.2, -0.15) is 0 Å². The summed E-state index contributed by atoms with van der Waals surface area (Å²) in [6.07, 6.45) is 41.3. The molecule has 0 aliphatic carbocycles.